The molecule has 4 rings (SSSR count). The van der Waals surface area contributed by atoms with Gasteiger partial charge in [0.25, 0.3) is 11.8 Å². The number of anilines is 1. The average molecular weight is 383 g/mol. The highest BCUT2D eigenvalue weighted by molar-refractivity contribution is 5.77. The standard InChI is InChI=1S/C21H29N5O2/c1-24(2)13-14-25-15-21(11-9-18(25)27)10-6-12-26(16-21)20-22-19(28-23-20)17-7-4-3-5-8-17/h3-5,7-8H,6,9-16H2,1-2H3/t21-/m1/s1. The van der Waals surface area contributed by atoms with Gasteiger partial charge in [-0.1, -0.05) is 18.2 Å². The Hall–Kier alpha value is -2.41. The Labute approximate surface area is 166 Å². The summed E-state index contributed by atoms with van der Waals surface area (Å²) >= 11 is 0. The molecule has 7 nitrogen and oxygen atoms in total. The molecule has 28 heavy (non-hydrogen) atoms. The van der Waals surface area contributed by atoms with Crippen molar-refractivity contribution in [3.8, 4) is 11.5 Å². The molecule has 7 heteroatoms. The van der Waals surface area contributed by atoms with Gasteiger partial charge in [-0.25, -0.2) is 0 Å². The smallest absolute Gasteiger partial charge is 0.266 e. The van der Waals surface area contributed by atoms with Gasteiger partial charge >= 0.3 is 0 Å². The van der Waals surface area contributed by atoms with Crippen LogP contribution in [-0.2, 0) is 4.79 Å². The van der Waals surface area contributed by atoms with Crippen LogP contribution >= 0.6 is 0 Å². The molecule has 1 amide bonds. The van der Waals surface area contributed by atoms with Crippen LogP contribution in [0.4, 0.5) is 5.95 Å². The molecule has 1 spiro atoms. The Morgan fingerprint density at radius 3 is 2.79 bits per heavy atom. The van der Waals surface area contributed by atoms with E-state index < -0.39 is 0 Å². The molecule has 2 aliphatic heterocycles. The van der Waals surface area contributed by atoms with Gasteiger partial charge in [0.05, 0.1) is 0 Å². The number of likely N-dealkylation sites (N-methyl/N-ethyl adjacent to an activating group) is 1. The van der Waals surface area contributed by atoms with E-state index in [1.54, 1.807) is 0 Å². The van der Waals surface area contributed by atoms with Crippen molar-refractivity contribution in [2.75, 3.05) is 51.7 Å². The molecule has 0 aliphatic carbocycles. The maximum absolute atomic E-state index is 12.4. The van der Waals surface area contributed by atoms with Gasteiger partial charge in [0.15, 0.2) is 0 Å². The van der Waals surface area contributed by atoms with Crippen LogP contribution in [-0.4, -0.2) is 72.7 Å². The van der Waals surface area contributed by atoms with Gasteiger partial charge in [-0.15, -0.1) is 0 Å². The minimum atomic E-state index is 0.131. The number of benzene rings is 1. The molecule has 2 aromatic rings. The van der Waals surface area contributed by atoms with Crippen molar-refractivity contribution in [3.05, 3.63) is 30.3 Å². The minimum absolute atomic E-state index is 0.131. The molecule has 0 unspecified atom stereocenters. The quantitative estimate of drug-likeness (QED) is 0.790. The molecule has 0 radical (unpaired) electrons. The number of hydrogen-bond donors (Lipinski definition) is 0. The molecule has 0 bridgehead atoms. The Morgan fingerprint density at radius 1 is 1.18 bits per heavy atom. The third-order valence-corrected chi connectivity index (χ3v) is 5.95. The number of nitrogens with zero attached hydrogens (tertiary/aromatic N) is 5. The summed E-state index contributed by atoms with van der Waals surface area (Å²) in [6, 6.07) is 9.86. The lowest BCUT2D eigenvalue weighted by atomic mass is 9.73. The first kappa shape index (κ1) is 18.9. The second-order valence-corrected chi connectivity index (χ2v) is 8.41. The van der Waals surface area contributed by atoms with Gasteiger partial charge in [0.2, 0.25) is 5.91 Å². The molecule has 1 atom stereocenters. The summed E-state index contributed by atoms with van der Waals surface area (Å²) in [6.45, 7) is 4.35. The SMILES string of the molecule is CN(C)CCN1C[C@@]2(CCCN(c3noc(-c4ccccc4)n3)C2)CCC1=O. The van der Waals surface area contributed by atoms with E-state index in [1.165, 1.54) is 0 Å². The summed E-state index contributed by atoms with van der Waals surface area (Å²) in [5.41, 5.74) is 1.07. The van der Waals surface area contributed by atoms with Crippen LogP contribution in [0.3, 0.4) is 0 Å². The highest BCUT2D eigenvalue weighted by Gasteiger charge is 2.42. The van der Waals surface area contributed by atoms with Crippen LogP contribution in [0.25, 0.3) is 11.5 Å². The average Bonchev–Trinajstić information content (AvgIpc) is 3.20. The van der Waals surface area contributed by atoms with E-state index in [0.717, 1.165) is 57.5 Å². The number of carbonyl (C=O) groups excluding carboxylic acids is 1. The zero-order chi connectivity index (χ0) is 19.6. The lowest BCUT2D eigenvalue weighted by Crippen LogP contribution is -2.55. The van der Waals surface area contributed by atoms with Crippen LogP contribution in [0.15, 0.2) is 34.9 Å². The zero-order valence-corrected chi connectivity index (χ0v) is 16.8. The van der Waals surface area contributed by atoms with E-state index in [0.29, 0.717) is 18.3 Å². The summed E-state index contributed by atoms with van der Waals surface area (Å²) < 4.78 is 5.51. The molecule has 3 heterocycles. The number of aromatic nitrogens is 2. The van der Waals surface area contributed by atoms with Crippen LogP contribution in [0, 0.1) is 5.41 Å². The molecule has 2 saturated heterocycles. The predicted octanol–water partition coefficient (Wildman–Crippen LogP) is 2.51. The Bertz CT molecular complexity index is 806. The largest absolute Gasteiger partial charge is 0.341 e. The lowest BCUT2D eigenvalue weighted by molar-refractivity contribution is -0.138. The number of rotatable bonds is 5. The van der Waals surface area contributed by atoms with Gasteiger partial charge in [-0.05, 0) is 50.6 Å². The maximum Gasteiger partial charge on any atom is 0.266 e. The molecule has 2 aliphatic rings. The Kier molecular flexibility index (Phi) is 5.35. The third-order valence-electron chi connectivity index (χ3n) is 5.95. The Morgan fingerprint density at radius 2 is 2.00 bits per heavy atom. The summed E-state index contributed by atoms with van der Waals surface area (Å²) in [6.07, 6.45) is 3.83. The first-order valence-corrected chi connectivity index (χ1v) is 10.1. The first-order chi connectivity index (χ1) is 13.5. The summed E-state index contributed by atoms with van der Waals surface area (Å²) in [5, 5.41) is 4.24. The summed E-state index contributed by atoms with van der Waals surface area (Å²) in [7, 11) is 4.10. The number of piperidine rings is 2. The van der Waals surface area contributed by atoms with Crippen molar-refractivity contribution in [2.45, 2.75) is 25.7 Å². The Balaban J connectivity index is 1.47. The van der Waals surface area contributed by atoms with Gasteiger partial charge in [-0.3, -0.25) is 4.79 Å². The van der Waals surface area contributed by atoms with Gasteiger partial charge in [0.1, 0.15) is 0 Å². The molecule has 1 aromatic carbocycles. The highest BCUT2D eigenvalue weighted by Crippen LogP contribution is 2.39. The number of amides is 1. The predicted molar refractivity (Wildman–Crippen MR) is 108 cm³/mol. The molecule has 1 aromatic heterocycles. The molecular formula is C21H29N5O2. The lowest BCUT2D eigenvalue weighted by Gasteiger charge is -2.48. The molecule has 150 valence electrons. The van der Waals surface area contributed by atoms with E-state index in [-0.39, 0.29) is 11.3 Å². The summed E-state index contributed by atoms with van der Waals surface area (Å²) in [4.78, 5) is 23.5. The van der Waals surface area contributed by atoms with Crippen molar-refractivity contribution in [2.24, 2.45) is 5.41 Å². The second-order valence-electron chi connectivity index (χ2n) is 8.41. The van der Waals surface area contributed by atoms with Crippen molar-refractivity contribution >= 4 is 11.9 Å². The maximum atomic E-state index is 12.4. The van der Waals surface area contributed by atoms with Crippen LogP contribution in [0.5, 0.6) is 0 Å². The normalized spacial score (nSPS) is 23.0. The van der Waals surface area contributed by atoms with Crippen LogP contribution in [0.2, 0.25) is 0 Å². The number of carbonyl (C=O) groups is 1. The fraction of sp³-hybridized carbons (Fsp3) is 0.571. The van der Waals surface area contributed by atoms with E-state index in [2.05, 4.69) is 24.8 Å². The first-order valence-electron chi connectivity index (χ1n) is 10.1. The molecule has 2 fully saturated rings. The molecular weight excluding hydrogens is 354 g/mol. The van der Waals surface area contributed by atoms with E-state index in [4.69, 9.17) is 4.52 Å². The van der Waals surface area contributed by atoms with Gasteiger partial charge < -0.3 is 19.2 Å². The minimum Gasteiger partial charge on any atom is -0.341 e. The van der Waals surface area contributed by atoms with Crippen molar-refractivity contribution < 1.29 is 9.32 Å². The van der Waals surface area contributed by atoms with E-state index in [9.17, 15) is 4.79 Å². The fourth-order valence-corrected chi connectivity index (χ4v) is 4.38. The van der Waals surface area contributed by atoms with Crippen molar-refractivity contribution in [1.29, 1.82) is 0 Å². The number of likely N-dealkylation sites (tertiary alicyclic amines) is 1. The summed E-state index contributed by atoms with van der Waals surface area (Å²) in [5.74, 6) is 1.51. The third kappa shape index (κ3) is 4.04. The molecule has 0 N–H and O–H groups in total. The van der Waals surface area contributed by atoms with Crippen molar-refractivity contribution in [1.82, 2.24) is 19.9 Å². The van der Waals surface area contributed by atoms with Crippen LogP contribution < -0.4 is 4.90 Å². The highest BCUT2D eigenvalue weighted by atomic mass is 16.5. The molecule has 0 saturated carbocycles. The van der Waals surface area contributed by atoms with E-state index >= 15 is 0 Å². The van der Waals surface area contributed by atoms with E-state index in [1.807, 2.05) is 44.4 Å². The fourth-order valence-electron chi connectivity index (χ4n) is 4.38. The topological polar surface area (TPSA) is 65.7 Å². The zero-order valence-electron chi connectivity index (χ0n) is 16.8. The van der Waals surface area contributed by atoms with Crippen LogP contribution in [0.1, 0.15) is 25.7 Å². The van der Waals surface area contributed by atoms with Gasteiger partial charge in [0, 0.05) is 50.1 Å². The van der Waals surface area contributed by atoms with Gasteiger partial charge in [-0.2, -0.15) is 4.98 Å². The van der Waals surface area contributed by atoms with Crippen molar-refractivity contribution in [3.63, 3.8) is 0 Å². The second kappa shape index (κ2) is 7.91. The number of hydrogen-bond acceptors (Lipinski definition) is 6. The monoisotopic (exact) mass is 383 g/mol.